The molecule has 37 heavy (non-hydrogen) atoms. The molecule has 0 fully saturated rings. The summed E-state index contributed by atoms with van der Waals surface area (Å²) in [7, 11) is 1.49. The van der Waals surface area contributed by atoms with Gasteiger partial charge in [0, 0.05) is 34.4 Å². The van der Waals surface area contributed by atoms with E-state index in [9.17, 15) is 4.79 Å². The minimum Gasteiger partial charge on any atom is -0.496 e. The van der Waals surface area contributed by atoms with E-state index in [0.29, 0.717) is 32.4 Å². The van der Waals surface area contributed by atoms with E-state index in [2.05, 4.69) is 30.7 Å². The molecule has 2 aromatic carbocycles. The maximum absolute atomic E-state index is 13.3. The second-order valence-corrected chi connectivity index (χ2v) is 11.3. The Bertz CT molecular complexity index is 1460. The molecule has 1 unspecified atom stereocenters. The van der Waals surface area contributed by atoms with Crippen LogP contribution in [0.15, 0.2) is 70.6 Å². The molecule has 0 aliphatic heterocycles. The van der Waals surface area contributed by atoms with Crippen LogP contribution in [-0.4, -0.2) is 27.2 Å². The van der Waals surface area contributed by atoms with E-state index in [1.807, 2.05) is 33.7 Å². The number of benzene rings is 2. The molecule has 2 aromatic heterocycles. The molecule has 2 heterocycles. The van der Waals surface area contributed by atoms with E-state index in [0.717, 1.165) is 0 Å². The van der Waals surface area contributed by atoms with Crippen LogP contribution >= 0.6 is 46.7 Å². The third-order valence-corrected chi connectivity index (χ3v) is 7.47. The van der Waals surface area contributed by atoms with E-state index in [-0.39, 0.29) is 16.3 Å². The molecular weight excluding hydrogens is 550 g/mol. The molecule has 0 bridgehead atoms. The Labute approximate surface area is 233 Å². The zero-order valence-corrected chi connectivity index (χ0v) is 23.7. The van der Waals surface area contributed by atoms with Crippen molar-refractivity contribution in [2.24, 2.45) is 4.99 Å². The average Bonchev–Trinajstić information content (AvgIpc) is 3.54. The lowest BCUT2D eigenvalue weighted by Gasteiger charge is -2.20. The monoisotopic (exact) mass is 573 g/mol. The number of hydrogen-bond donors (Lipinski definition) is 0. The van der Waals surface area contributed by atoms with E-state index in [1.54, 1.807) is 29.8 Å². The molecule has 4 aromatic rings. The molecule has 0 aliphatic rings. The number of carbonyl (C=O) groups is 1. The molecule has 0 spiro atoms. The van der Waals surface area contributed by atoms with Gasteiger partial charge in [-0.05, 0) is 62.6 Å². The van der Waals surface area contributed by atoms with Crippen LogP contribution in [0.1, 0.15) is 48.5 Å². The van der Waals surface area contributed by atoms with Crippen LogP contribution in [0.25, 0.3) is 0 Å². The summed E-state index contributed by atoms with van der Waals surface area (Å²) in [6, 6.07) is 13.9. The number of rotatable bonds is 6. The standard InChI is InChI=1S/C26H24ClN3O4S3/c1-26(2,3)30-13-19(24(37-30)29-23(31)18-12-16(27)10-11-21(18)32-4)22(20-14-36-15-28-20)34-25(35)33-17-8-6-5-7-9-17/h5-15,22H,1-4H3. The van der Waals surface area contributed by atoms with Crippen molar-refractivity contribution < 1.29 is 19.0 Å². The van der Waals surface area contributed by atoms with E-state index < -0.39 is 12.0 Å². The van der Waals surface area contributed by atoms with Gasteiger partial charge in [-0.3, -0.25) is 8.75 Å². The number of para-hydroxylation sites is 1. The van der Waals surface area contributed by atoms with Gasteiger partial charge in [0.15, 0.2) is 6.10 Å². The van der Waals surface area contributed by atoms with Crippen LogP contribution in [0.3, 0.4) is 0 Å². The number of hydrogen-bond acceptors (Lipinski definition) is 8. The largest absolute Gasteiger partial charge is 0.496 e. The maximum atomic E-state index is 13.3. The van der Waals surface area contributed by atoms with Crippen molar-refractivity contribution in [3.05, 3.63) is 92.1 Å². The lowest BCUT2D eigenvalue weighted by atomic mass is 10.1. The van der Waals surface area contributed by atoms with Gasteiger partial charge in [-0.15, -0.1) is 11.3 Å². The highest BCUT2D eigenvalue weighted by atomic mass is 35.5. The molecule has 0 radical (unpaired) electrons. The average molecular weight is 574 g/mol. The predicted molar refractivity (Wildman–Crippen MR) is 150 cm³/mol. The third-order valence-electron chi connectivity index (χ3n) is 5.11. The Kier molecular flexibility index (Phi) is 8.43. The molecule has 0 aliphatic carbocycles. The minimum absolute atomic E-state index is 0.0773. The van der Waals surface area contributed by atoms with Crippen LogP contribution in [-0.2, 0) is 10.3 Å². The van der Waals surface area contributed by atoms with E-state index >= 15 is 0 Å². The van der Waals surface area contributed by atoms with Crippen molar-refractivity contribution in [2.45, 2.75) is 32.4 Å². The zero-order valence-electron chi connectivity index (χ0n) is 20.5. The van der Waals surface area contributed by atoms with Crippen molar-refractivity contribution in [1.29, 1.82) is 0 Å². The number of thiazole rings is 1. The summed E-state index contributed by atoms with van der Waals surface area (Å²) in [4.78, 5) is 22.2. The number of carbonyl (C=O) groups excluding carboxylic acids is 1. The highest BCUT2D eigenvalue weighted by molar-refractivity contribution is 7.79. The number of methoxy groups -OCH3 is 1. The Morgan fingerprint density at radius 1 is 1.19 bits per heavy atom. The normalized spacial score (nSPS) is 12.7. The zero-order chi connectivity index (χ0) is 26.6. The summed E-state index contributed by atoms with van der Waals surface area (Å²) in [5.41, 5.74) is 2.92. The lowest BCUT2D eigenvalue weighted by Crippen LogP contribution is -2.20. The van der Waals surface area contributed by atoms with Gasteiger partial charge in [0.05, 0.1) is 29.4 Å². The van der Waals surface area contributed by atoms with Gasteiger partial charge in [-0.25, -0.2) is 4.98 Å². The topological polar surface area (TPSA) is 74.9 Å². The summed E-state index contributed by atoms with van der Waals surface area (Å²) in [5.74, 6) is 0.432. The molecule has 192 valence electrons. The summed E-state index contributed by atoms with van der Waals surface area (Å²) in [5, 5.41) is 2.19. The summed E-state index contributed by atoms with van der Waals surface area (Å²) in [6.45, 7) is 6.17. The highest BCUT2D eigenvalue weighted by Crippen LogP contribution is 2.29. The minimum atomic E-state index is -0.755. The van der Waals surface area contributed by atoms with Crippen molar-refractivity contribution in [1.82, 2.24) is 8.94 Å². The maximum Gasteiger partial charge on any atom is 0.358 e. The molecule has 1 atom stereocenters. The van der Waals surface area contributed by atoms with Crippen molar-refractivity contribution in [2.75, 3.05) is 7.11 Å². The second-order valence-electron chi connectivity index (χ2n) is 8.82. The quantitative estimate of drug-likeness (QED) is 0.241. The number of nitrogens with zero attached hydrogens (tertiary/aromatic N) is 3. The first kappa shape index (κ1) is 27.0. The fourth-order valence-corrected chi connectivity index (χ4v) is 5.24. The SMILES string of the molecule is COc1ccc(Cl)cc1C(=O)N=c1sn(C(C)(C)C)cc1C(OC(=S)Oc1ccccc1)c1cscn1. The van der Waals surface area contributed by atoms with Gasteiger partial charge in [0.25, 0.3) is 5.91 Å². The number of aromatic nitrogens is 2. The fraction of sp³-hybridized carbons (Fsp3) is 0.231. The van der Waals surface area contributed by atoms with E-state index in [1.165, 1.54) is 36.0 Å². The smallest absolute Gasteiger partial charge is 0.358 e. The van der Waals surface area contributed by atoms with Crippen molar-refractivity contribution in [3.8, 4) is 11.5 Å². The van der Waals surface area contributed by atoms with Crippen LogP contribution in [0.2, 0.25) is 5.02 Å². The summed E-state index contributed by atoms with van der Waals surface area (Å²) >= 11 is 14.3. The highest BCUT2D eigenvalue weighted by Gasteiger charge is 2.27. The van der Waals surface area contributed by atoms with Gasteiger partial charge in [0.1, 0.15) is 16.2 Å². The second kappa shape index (κ2) is 11.6. The van der Waals surface area contributed by atoms with Gasteiger partial charge >= 0.3 is 5.24 Å². The predicted octanol–water partition coefficient (Wildman–Crippen LogP) is 6.63. The molecule has 0 N–H and O–H groups in total. The fourth-order valence-electron chi connectivity index (χ4n) is 3.29. The molecular formula is C26H24ClN3O4S3. The van der Waals surface area contributed by atoms with Gasteiger partial charge in [-0.1, -0.05) is 29.8 Å². The first-order valence-corrected chi connectivity index (χ1v) is 13.6. The number of halogens is 1. The van der Waals surface area contributed by atoms with Gasteiger partial charge in [0.2, 0.25) is 0 Å². The number of thiocarbonyl (C=S) groups is 1. The van der Waals surface area contributed by atoms with Crippen LogP contribution in [0.4, 0.5) is 0 Å². The molecule has 1 amide bonds. The Morgan fingerprint density at radius 3 is 2.59 bits per heavy atom. The molecule has 0 saturated heterocycles. The molecule has 7 nitrogen and oxygen atoms in total. The Hall–Kier alpha value is -3.05. The molecule has 11 heteroatoms. The van der Waals surface area contributed by atoms with Gasteiger partial charge in [-0.2, -0.15) is 4.99 Å². The molecule has 4 rings (SSSR count). The first-order valence-electron chi connectivity index (χ1n) is 11.1. The van der Waals surface area contributed by atoms with Crippen LogP contribution in [0.5, 0.6) is 11.5 Å². The molecule has 0 saturated carbocycles. The van der Waals surface area contributed by atoms with Crippen molar-refractivity contribution in [3.63, 3.8) is 0 Å². The van der Waals surface area contributed by atoms with Crippen LogP contribution < -0.4 is 14.1 Å². The van der Waals surface area contributed by atoms with Crippen molar-refractivity contribution >= 4 is 57.8 Å². The Morgan fingerprint density at radius 2 is 1.95 bits per heavy atom. The number of ether oxygens (including phenoxy) is 3. The van der Waals surface area contributed by atoms with E-state index in [4.69, 9.17) is 38.0 Å². The first-order chi connectivity index (χ1) is 17.7. The Balaban J connectivity index is 1.79. The number of amides is 1. The third kappa shape index (κ3) is 6.64. The lowest BCUT2D eigenvalue weighted by molar-refractivity contribution is 0.0995. The van der Waals surface area contributed by atoms with Crippen LogP contribution in [0, 0.1) is 0 Å². The van der Waals surface area contributed by atoms with Gasteiger partial charge < -0.3 is 14.2 Å². The summed E-state index contributed by atoms with van der Waals surface area (Å²) in [6.07, 6.45) is 1.15. The summed E-state index contributed by atoms with van der Waals surface area (Å²) < 4.78 is 19.7.